The van der Waals surface area contributed by atoms with Crippen LogP contribution in [0.25, 0.3) is 0 Å². The summed E-state index contributed by atoms with van der Waals surface area (Å²) >= 11 is 6.26. The van der Waals surface area contributed by atoms with Crippen molar-refractivity contribution in [3.8, 4) is 0 Å². The van der Waals surface area contributed by atoms with Gasteiger partial charge >= 0.3 is 0 Å². The minimum atomic E-state index is 0.581. The van der Waals surface area contributed by atoms with Crippen molar-refractivity contribution in [2.24, 2.45) is 0 Å². The third-order valence-electron chi connectivity index (χ3n) is 4.16. The molecule has 4 heteroatoms. The third-order valence-corrected chi connectivity index (χ3v) is 4.50. The molecule has 0 saturated heterocycles. The molecule has 0 aliphatic rings. The molecule has 0 unspecified atom stereocenters. The Morgan fingerprint density at radius 1 is 0.920 bits per heavy atom. The molecule has 3 N–H and O–H groups in total. The van der Waals surface area contributed by atoms with E-state index in [1.165, 1.54) is 11.1 Å². The Kier molecular flexibility index (Phi) is 6.04. The molecule has 0 spiro atoms. The number of aromatic nitrogens is 1. The first-order valence-electron chi connectivity index (χ1n) is 8.43. The van der Waals surface area contributed by atoms with Crippen LogP contribution in [0, 0.1) is 0 Å². The number of benzene rings is 2. The van der Waals surface area contributed by atoms with Gasteiger partial charge in [0, 0.05) is 18.4 Å². The second-order valence-corrected chi connectivity index (χ2v) is 6.44. The van der Waals surface area contributed by atoms with Gasteiger partial charge in [-0.3, -0.25) is 0 Å². The van der Waals surface area contributed by atoms with Crippen molar-refractivity contribution in [3.63, 3.8) is 0 Å². The lowest BCUT2D eigenvalue weighted by Crippen LogP contribution is -2.17. The van der Waals surface area contributed by atoms with Crippen LogP contribution in [-0.2, 0) is 19.4 Å². The van der Waals surface area contributed by atoms with Crippen molar-refractivity contribution in [3.05, 3.63) is 94.3 Å². The molecule has 1 aromatic heterocycles. The van der Waals surface area contributed by atoms with Crippen molar-refractivity contribution >= 4 is 17.3 Å². The maximum absolute atomic E-state index is 6.26. The fourth-order valence-electron chi connectivity index (χ4n) is 2.79. The summed E-state index contributed by atoms with van der Waals surface area (Å²) in [7, 11) is 0. The second kappa shape index (κ2) is 8.65. The van der Waals surface area contributed by atoms with Crippen molar-refractivity contribution in [1.29, 1.82) is 0 Å². The van der Waals surface area contributed by atoms with Gasteiger partial charge < -0.3 is 11.1 Å². The topological polar surface area (TPSA) is 50.9 Å². The summed E-state index contributed by atoms with van der Waals surface area (Å²) in [5.74, 6) is 0. The zero-order valence-corrected chi connectivity index (χ0v) is 14.8. The fourth-order valence-corrected chi connectivity index (χ4v) is 2.99. The van der Waals surface area contributed by atoms with E-state index in [9.17, 15) is 0 Å². The van der Waals surface area contributed by atoms with E-state index in [0.717, 1.165) is 42.7 Å². The van der Waals surface area contributed by atoms with E-state index < -0.39 is 0 Å². The molecule has 1 heterocycles. The quantitative estimate of drug-likeness (QED) is 0.380. The van der Waals surface area contributed by atoms with Crippen LogP contribution in [0.2, 0.25) is 5.15 Å². The Labute approximate surface area is 153 Å². The molecule has 0 bridgehead atoms. The van der Waals surface area contributed by atoms with Gasteiger partial charge in [-0.05, 0) is 47.7 Å². The van der Waals surface area contributed by atoms with Gasteiger partial charge in [-0.1, -0.05) is 66.2 Å². The van der Waals surface area contributed by atoms with E-state index in [1.54, 1.807) is 0 Å². The summed E-state index contributed by atoms with van der Waals surface area (Å²) in [6.45, 7) is 1.58. The maximum Gasteiger partial charge on any atom is 0.132 e. The molecule has 0 amide bonds. The number of para-hydroxylation sites is 1. The molecule has 25 heavy (non-hydrogen) atoms. The van der Waals surface area contributed by atoms with Gasteiger partial charge in [-0.2, -0.15) is 0 Å². The first kappa shape index (κ1) is 17.5. The molecule has 0 fully saturated rings. The highest BCUT2D eigenvalue weighted by Gasteiger charge is 2.05. The highest BCUT2D eigenvalue weighted by atomic mass is 35.5. The van der Waals surface area contributed by atoms with Crippen LogP contribution in [0.1, 0.15) is 22.3 Å². The number of pyridine rings is 1. The van der Waals surface area contributed by atoms with Crippen LogP contribution >= 0.6 is 11.6 Å². The number of hydrogen-bond acceptors (Lipinski definition) is 3. The Hall–Kier alpha value is -2.36. The molecule has 0 aliphatic heterocycles. The van der Waals surface area contributed by atoms with Gasteiger partial charge in [0.1, 0.15) is 5.15 Å². The van der Waals surface area contributed by atoms with Crippen LogP contribution in [0.3, 0.4) is 0 Å². The molecule has 3 nitrogen and oxygen atoms in total. The summed E-state index contributed by atoms with van der Waals surface area (Å²) in [4.78, 5) is 4.34. The van der Waals surface area contributed by atoms with Crippen molar-refractivity contribution < 1.29 is 0 Å². The summed E-state index contributed by atoms with van der Waals surface area (Å²) in [6, 6.07) is 20.4. The Morgan fingerprint density at radius 2 is 1.68 bits per heavy atom. The normalized spacial score (nSPS) is 10.8. The minimum Gasteiger partial charge on any atom is -0.398 e. The lowest BCUT2D eigenvalue weighted by atomic mass is 10.0. The first-order valence-corrected chi connectivity index (χ1v) is 8.81. The zero-order valence-electron chi connectivity index (χ0n) is 14.1. The van der Waals surface area contributed by atoms with E-state index in [2.05, 4.69) is 40.6 Å². The van der Waals surface area contributed by atoms with Crippen LogP contribution in [0.4, 0.5) is 5.69 Å². The zero-order chi connectivity index (χ0) is 17.5. The molecular weight excluding hydrogens is 330 g/mol. The van der Waals surface area contributed by atoms with Crippen LogP contribution in [0.15, 0.2) is 66.9 Å². The molecule has 2 aromatic carbocycles. The maximum atomic E-state index is 6.26. The Morgan fingerprint density at radius 3 is 2.48 bits per heavy atom. The van der Waals surface area contributed by atoms with Crippen LogP contribution < -0.4 is 11.1 Å². The van der Waals surface area contributed by atoms with Gasteiger partial charge in [-0.25, -0.2) is 4.98 Å². The van der Waals surface area contributed by atoms with Crippen molar-refractivity contribution in [1.82, 2.24) is 10.3 Å². The predicted octanol–water partition coefficient (Wildman–Crippen LogP) is 4.24. The average molecular weight is 352 g/mol. The Bertz CT molecular complexity index is 818. The average Bonchev–Trinajstić information content (AvgIpc) is 2.63. The number of nitrogens with one attached hydrogen (secondary N) is 1. The number of nitrogens with zero attached hydrogens (tertiary/aromatic N) is 1. The highest BCUT2D eigenvalue weighted by Crippen LogP contribution is 2.17. The number of nitrogen functional groups attached to an aromatic ring is 1. The molecule has 0 saturated carbocycles. The standard InChI is InChI=1S/C21H22ClN3/c22-21-18(10-11-24-15-19-8-4-5-9-20(19)23)13-17(14-25-21)12-16-6-2-1-3-7-16/h1-9,13-14,24H,10-12,15,23H2. The number of anilines is 1. The van der Waals surface area contributed by atoms with E-state index >= 15 is 0 Å². The van der Waals surface area contributed by atoms with E-state index in [1.807, 2.05) is 36.5 Å². The Balaban J connectivity index is 1.57. The molecule has 128 valence electrons. The molecular formula is C21H22ClN3. The van der Waals surface area contributed by atoms with E-state index in [0.29, 0.717) is 5.15 Å². The van der Waals surface area contributed by atoms with Crippen molar-refractivity contribution in [2.75, 3.05) is 12.3 Å². The third kappa shape index (κ3) is 5.05. The van der Waals surface area contributed by atoms with Gasteiger partial charge in [-0.15, -0.1) is 0 Å². The fraction of sp³-hybridized carbons (Fsp3) is 0.190. The van der Waals surface area contributed by atoms with Crippen LogP contribution in [0.5, 0.6) is 0 Å². The van der Waals surface area contributed by atoms with Gasteiger partial charge in [0.25, 0.3) is 0 Å². The molecule has 0 radical (unpaired) electrons. The monoisotopic (exact) mass is 351 g/mol. The number of rotatable bonds is 7. The smallest absolute Gasteiger partial charge is 0.132 e. The molecule has 3 aromatic rings. The van der Waals surface area contributed by atoms with Crippen LogP contribution in [-0.4, -0.2) is 11.5 Å². The molecule has 3 rings (SSSR count). The molecule has 0 atom stereocenters. The second-order valence-electron chi connectivity index (χ2n) is 6.08. The lowest BCUT2D eigenvalue weighted by Gasteiger charge is -2.10. The minimum absolute atomic E-state index is 0.581. The first-order chi connectivity index (χ1) is 12.2. The number of halogens is 1. The van der Waals surface area contributed by atoms with Gasteiger partial charge in [0.2, 0.25) is 0 Å². The SMILES string of the molecule is Nc1ccccc1CNCCc1cc(Cc2ccccc2)cnc1Cl. The summed E-state index contributed by atoms with van der Waals surface area (Å²) in [6.07, 6.45) is 3.56. The summed E-state index contributed by atoms with van der Waals surface area (Å²) < 4.78 is 0. The highest BCUT2D eigenvalue weighted by molar-refractivity contribution is 6.30. The largest absolute Gasteiger partial charge is 0.398 e. The summed E-state index contributed by atoms with van der Waals surface area (Å²) in [5, 5.41) is 4.00. The van der Waals surface area contributed by atoms with E-state index in [4.69, 9.17) is 17.3 Å². The number of hydrogen-bond donors (Lipinski definition) is 2. The lowest BCUT2D eigenvalue weighted by molar-refractivity contribution is 0.687. The predicted molar refractivity (Wildman–Crippen MR) is 105 cm³/mol. The van der Waals surface area contributed by atoms with Gasteiger partial charge in [0.15, 0.2) is 0 Å². The summed E-state index contributed by atoms with van der Waals surface area (Å²) in [5.41, 5.74) is 11.4. The van der Waals surface area contributed by atoms with E-state index in [-0.39, 0.29) is 0 Å². The van der Waals surface area contributed by atoms with Crippen molar-refractivity contribution in [2.45, 2.75) is 19.4 Å². The van der Waals surface area contributed by atoms with Gasteiger partial charge in [0.05, 0.1) is 0 Å². The molecule has 0 aliphatic carbocycles. The number of nitrogens with two attached hydrogens (primary N) is 1.